The van der Waals surface area contributed by atoms with Crippen molar-refractivity contribution < 1.29 is 0 Å². The molecule has 0 spiro atoms. The monoisotopic (exact) mass is 432 g/mol. The lowest BCUT2D eigenvalue weighted by Crippen LogP contribution is -1.98. The lowest BCUT2D eigenvalue weighted by Gasteiger charge is -1.99. The molecule has 0 unspecified atom stereocenters. The van der Waals surface area contributed by atoms with Crippen molar-refractivity contribution in [1.82, 2.24) is 0 Å². The zero-order valence-corrected chi connectivity index (χ0v) is 14.7. The summed E-state index contributed by atoms with van der Waals surface area (Å²) in [7, 11) is 0. The van der Waals surface area contributed by atoms with Gasteiger partial charge in [-0.3, -0.25) is 0 Å². The van der Waals surface area contributed by atoms with Gasteiger partial charge < -0.3 is 0 Å². The Morgan fingerprint density at radius 3 is 1.25 bits per heavy atom. The van der Waals surface area contributed by atoms with Gasteiger partial charge in [-0.15, -0.1) is 0 Å². The summed E-state index contributed by atoms with van der Waals surface area (Å²) in [6, 6.07) is 14.8. The van der Waals surface area contributed by atoms with Gasteiger partial charge in [0, 0.05) is 8.95 Å². The van der Waals surface area contributed by atoms with Gasteiger partial charge in [-0.1, -0.05) is 55.1 Å². The molecule has 0 amide bonds. The van der Waals surface area contributed by atoms with E-state index in [0.717, 1.165) is 8.95 Å². The Balaban J connectivity index is 2.21. The van der Waals surface area contributed by atoms with Gasteiger partial charge in [0.15, 0.2) is 10.3 Å². The van der Waals surface area contributed by atoms with Crippen LogP contribution in [0.15, 0.2) is 67.5 Å². The second kappa shape index (κ2) is 7.36. The third-order valence-corrected chi connectivity index (χ3v) is 3.96. The Hall–Kier alpha value is -0.680. The van der Waals surface area contributed by atoms with Gasteiger partial charge in [-0.05, 0) is 48.5 Å². The quantitative estimate of drug-likeness (QED) is 0.496. The molecule has 0 bridgehead atoms. The molecule has 0 fully saturated rings. The first-order valence-electron chi connectivity index (χ1n) is 5.54. The number of halogens is 4. The van der Waals surface area contributed by atoms with Crippen molar-refractivity contribution in [3.05, 3.63) is 57.5 Å². The average molecular weight is 435 g/mol. The number of aliphatic imine (C=N–C) groups is 2. The van der Waals surface area contributed by atoms with E-state index in [0.29, 0.717) is 11.4 Å². The molecule has 2 rings (SSSR count). The summed E-state index contributed by atoms with van der Waals surface area (Å²) in [5.41, 5.74) is 1.42. The van der Waals surface area contributed by atoms with Gasteiger partial charge in [0.2, 0.25) is 0 Å². The van der Waals surface area contributed by atoms with Crippen molar-refractivity contribution >= 4 is 76.8 Å². The number of hydrogen-bond donors (Lipinski definition) is 0. The van der Waals surface area contributed by atoms with Crippen LogP contribution in [0.2, 0.25) is 0 Å². The molecule has 0 aliphatic rings. The predicted molar refractivity (Wildman–Crippen MR) is 94.2 cm³/mol. The number of nitrogens with zero attached hydrogens (tertiary/aromatic N) is 2. The molecule has 0 N–H and O–H groups in total. The van der Waals surface area contributed by atoms with Crippen molar-refractivity contribution in [3.8, 4) is 0 Å². The first-order chi connectivity index (χ1) is 9.54. The van der Waals surface area contributed by atoms with E-state index in [1.165, 1.54) is 0 Å². The summed E-state index contributed by atoms with van der Waals surface area (Å²) >= 11 is 18.8. The van der Waals surface area contributed by atoms with Gasteiger partial charge in [0.25, 0.3) is 0 Å². The molecule has 102 valence electrons. The van der Waals surface area contributed by atoms with Crippen LogP contribution < -0.4 is 0 Å². The fourth-order valence-electron chi connectivity index (χ4n) is 1.35. The van der Waals surface area contributed by atoms with E-state index in [-0.39, 0.29) is 10.3 Å². The van der Waals surface area contributed by atoms with Gasteiger partial charge >= 0.3 is 0 Å². The Labute approximate surface area is 143 Å². The van der Waals surface area contributed by atoms with Crippen LogP contribution in [0.3, 0.4) is 0 Å². The number of benzene rings is 2. The Morgan fingerprint density at radius 1 is 0.650 bits per heavy atom. The molecule has 0 aromatic heterocycles. The average Bonchev–Trinajstić information content (AvgIpc) is 2.44. The maximum atomic E-state index is 6.05. The summed E-state index contributed by atoms with van der Waals surface area (Å²) in [5, 5.41) is 0.300. The molecule has 0 aliphatic carbocycles. The van der Waals surface area contributed by atoms with Crippen LogP contribution in [0.1, 0.15) is 0 Å². The highest BCUT2D eigenvalue weighted by Gasteiger charge is 2.03. The highest BCUT2D eigenvalue weighted by atomic mass is 79.9. The lowest BCUT2D eigenvalue weighted by molar-refractivity contribution is 1.50. The van der Waals surface area contributed by atoms with Crippen molar-refractivity contribution in [3.63, 3.8) is 0 Å². The Morgan fingerprint density at radius 2 is 0.950 bits per heavy atom. The maximum Gasteiger partial charge on any atom is 0.166 e. The van der Waals surface area contributed by atoms with E-state index >= 15 is 0 Å². The van der Waals surface area contributed by atoms with E-state index in [1.807, 2.05) is 48.5 Å². The van der Waals surface area contributed by atoms with E-state index < -0.39 is 0 Å². The van der Waals surface area contributed by atoms with E-state index in [9.17, 15) is 0 Å². The minimum Gasteiger partial charge on any atom is -0.233 e. The Kier molecular flexibility index (Phi) is 5.78. The smallest absolute Gasteiger partial charge is 0.166 e. The van der Waals surface area contributed by atoms with E-state index in [4.69, 9.17) is 23.2 Å². The molecule has 20 heavy (non-hydrogen) atoms. The van der Waals surface area contributed by atoms with Crippen molar-refractivity contribution in [2.24, 2.45) is 9.98 Å². The van der Waals surface area contributed by atoms with Crippen LogP contribution in [0, 0.1) is 0 Å². The van der Waals surface area contributed by atoms with Crippen molar-refractivity contribution in [2.45, 2.75) is 0 Å². The molecule has 0 radical (unpaired) electrons. The topological polar surface area (TPSA) is 24.7 Å². The summed E-state index contributed by atoms with van der Waals surface area (Å²) in [4.78, 5) is 8.41. The molecule has 0 saturated carbocycles. The van der Waals surface area contributed by atoms with Crippen LogP contribution in [0.25, 0.3) is 0 Å². The molecule has 0 saturated heterocycles. The summed E-state index contributed by atoms with van der Waals surface area (Å²) in [5.74, 6) is 0. The minimum absolute atomic E-state index is 0.150. The highest BCUT2D eigenvalue weighted by molar-refractivity contribution is 9.10. The fourth-order valence-corrected chi connectivity index (χ4v) is 2.16. The lowest BCUT2D eigenvalue weighted by atomic mass is 10.3. The standard InChI is InChI=1S/C14H8Br2Cl2N2/c15-9-1-5-11(6-2-9)19-13(17)14(18)20-12-7-3-10(16)4-8-12/h1-8H. The zero-order chi connectivity index (χ0) is 14.5. The zero-order valence-electron chi connectivity index (χ0n) is 10.0. The highest BCUT2D eigenvalue weighted by Crippen LogP contribution is 2.20. The van der Waals surface area contributed by atoms with Gasteiger partial charge in [0.05, 0.1) is 11.4 Å². The SMILES string of the molecule is ClC(=Nc1ccc(Br)cc1)C(Cl)=Nc1ccc(Br)cc1. The Bertz CT molecular complexity index is 590. The summed E-state index contributed by atoms with van der Waals surface area (Å²) in [6.07, 6.45) is 0. The third-order valence-electron chi connectivity index (χ3n) is 2.28. The minimum atomic E-state index is 0.150. The van der Waals surface area contributed by atoms with Gasteiger partial charge in [-0.25, -0.2) is 9.98 Å². The molecule has 2 nitrogen and oxygen atoms in total. The molecular weight excluding hydrogens is 427 g/mol. The summed E-state index contributed by atoms with van der Waals surface area (Å²) in [6.45, 7) is 0. The van der Waals surface area contributed by atoms with Crippen molar-refractivity contribution in [2.75, 3.05) is 0 Å². The van der Waals surface area contributed by atoms with Crippen LogP contribution in [-0.4, -0.2) is 10.3 Å². The molecule has 2 aromatic carbocycles. The van der Waals surface area contributed by atoms with Crippen LogP contribution in [-0.2, 0) is 0 Å². The molecule has 0 heterocycles. The maximum absolute atomic E-state index is 6.05. The van der Waals surface area contributed by atoms with E-state index in [1.54, 1.807) is 0 Å². The van der Waals surface area contributed by atoms with Crippen LogP contribution >= 0.6 is 55.1 Å². The van der Waals surface area contributed by atoms with Crippen LogP contribution in [0.5, 0.6) is 0 Å². The normalized spacial score (nSPS) is 12.6. The number of hydrogen-bond acceptors (Lipinski definition) is 2. The second-order valence-corrected chi connectivity index (χ2v) is 6.31. The molecular formula is C14H8Br2Cl2N2. The first kappa shape index (κ1) is 15.7. The van der Waals surface area contributed by atoms with Gasteiger partial charge in [-0.2, -0.15) is 0 Å². The molecule has 2 aromatic rings. The molecule has 0 atom stereocenters. The van der Waals surface area contributed by atoms with Crippen molar-refractivity contribution in [1.29, 1.82) is 0 Å². The van der Waals surface area contributed by atoms with Gasteiger partial charge in [0.1, 0.15) is 0 Å². The predicted octanol–water partition coefficient (Wildman–Crippen LogP) is 6.45. The van der Waals surface area contributed by atoms with E-state index in [2.05, 4.69) is 41.8 Å². The largest absolute Gasteiger partial charge is 0.233 e. The third kappa shape index (κ3) is 4.70. The fraction of sp³-hybridized carbons (Fsp3) is 0. The molecule has 0 aliphatic heterocycles. The number of rotatable bonds is 3. The first-order valence-corrected chi connectivity index (χ1v) is 7.89. The second-order valence-electron chi connectivity index (χ2n) is 3.76. The van der Waals surface area contributed by atoms with Crippen LogP contribution in [0.4, 0.5) is 11.4 Å². The molecule has 6 heteroatoms. The summed E-state index contributed by atoms with van der Waals surface area (Å²) < 4.78 is 1.95.